The Balaban J connectivity index is 1.61. The Kier molecular flexibility index (Phi) is 5.19. The monoisotopic (exact) mass is 461 g/mol. The average molecular weight is 462 g/mol. The summed E-state index contributed by atoms with van der Waals surface area (Å²) < 4.78 is 6.22. The second-order valence-corrected chi connectivity index (χ2v) is 8.39. The first kappa shape index (κ1) is 21.2. The maximum Gasteiger partial charge on any atom is 0.151 e. The van der Waals surface area contributed by atoms with Gasteiger partial charge in [0.2, 0.25) is 0 Å². The molecule has 1 heterocycles. The van der Waals surface area contributed by atoms with Gasteiger partial charge in [0, 0.05) is 11.1 Å². The van der Waals surface area contributed by atoms with Crippen LogP contribution in [0.3, 0.4) is 0 Å². The van der Waals surface area contributed by atoms with Gasteiger partial charge in [-0.25, -0.2) is 0 Å². The molecule has 0 saturated heterocycles. The third-order valence-corrected chi connectivity index (χ3v) is 6.38. The predicted octanol–water partition coefficient (Wildman–Crippen LogP) is 8.34. The van der Waals surface area contributed by atoms with Crippen LogP contribution in [0.25, 0.3) is 22.3 Å². The SMILES string of the molecule is N#Cc1cccc(-c2ccccc2-c2ccccc2N2c3ccccc3Oc3ccccc32)c1C#N. The molecule has 0 amide bonds. The van der Waals surface area contributed by atoms with Gasteiger partial charge in [0.1, 0.15) is 12.1 Å². The van der Waals surface area contributed by atoms with Crippen LogP contribution in [0.5, 0.6) is 11.5 Å². The Morgan fingerprint density at radius 1 is 0.472 bits per heavy atom. The van der Waals surface area contributed by atoms with Crippen molar-refractivity contribution in [2.75, 3.05) is 4.90 Å². The molecule has 5 aromatic carbocycles. The zero-order valence-corrected chi connectivity index (χ0v) is 19.2. The summed E-state index contributed by atoms with van der Waals surface area (Å²) in [6.07, 6.45) is 0. The van der Waals surface area contributed by atoms with Crippen LogP contribution < -0.4 is 9.64 Å². The molecule has 0 fully saturated rings. The smallest absolute Gasteiger partial charge is 0.151 e. The third-order valence-electron chi connectivity index (χ3n) is 6.38. The van der Waals surface area contributed by atoms with Crippen molar-refractivity contribution in [1.29, 1.82) is 10.5 Å². The molecule has 36 heavy (non-hydrogen) atoms. The number of ether oxygens (including phenoxy) is 1. The van der Waals surface area contributed by atoms with E-state index < -0.39 is 0 Å². The zero-order chi connectivity index (χ0) is 24.5. The zero-order valence-electron chi connectivity index (χ0n) is 19.2. The lowest BCUT2D eigenvalue weighted by atomic mass is 9.89. The van der Waals surface area contributed by atoms with Crippen LogP contribution in [0.15, 0.2) is 115 Å². The molecule has 6 rings (SSSR count). The van der Waals surface area contributed by atoms with Gasteiger partial charge < -0.3 is 9.64 Å². The van der Waals surface area contributed by atoms with Crippen molar-refractivity contribution in [2.24, 2.45) is 0 Å². The minimum Gasteiger partial charge on any atom is -0.453 e. The maximum atomic E-state index is 9.91. The minimum absolute atomic E-state index is 0.370. The molecule has 5 aromatic rings. The highest BCUT2D eigenvalue weighted by Crippen LogP contribution is 2.52. The molecule has 0 unspecified atom stereocenters. The molecule has 1 aliphatic heterocycles. The van der Waals surface area contributed by atoms with Crippen LogP contribution in [-0.4, -0.2) is 0 Å². The molecule has 0 atom stereocenters. The Labute approximate surface area is 209 Å². The lowest BCUT2D eigenvalue weighted by molar-refractivity contribution is 0.477. The number of nitrogens with zero attached hydrogens (tertiary/aromatic N) is 3. The fourth-order valence-corrected chi connectivity index (χ4v) is 4.80. The highest BCUT2D eigenvalue weighted by atomic mass is 16.5. The summed E-state index contributed by atoms with van der Waals surface area (Å²) in [5, 5.41) is 19.5. The molecule has 1 aliphatic rings. The lowest BCUT2D eigenvalue weighted by Crippen LogP contribution is -2.16. The average Bonchev–Trinajstić information content (AvgIpc) is 2.95. The number of fused-ring (bicyclic) bond motifs is 2. The first-order chi connectivity index (χ1) is 17.8. The quantitative estimate of drug-likeness (QED) is 0.266. The van der Waals surface area contributed by atoms with Gasteiger partial charge in [0.05, 0.1) is 28.2 Å². The van der Waals surface area contributed by atoms with Gasteiger partial charge in [-0.15, -0.1) is 0 Å². The molecule has 4 heteroatoms. The molecule has 0 radical (unpaired) electrons. The van der Waals surface area contributed by atoms with Crippen molar-refractivity contribution in [3.8, 4) is 45.9 Å². The second-order valence-electron chi connectivity index (χ2n) is 8.39. The summed E-state index contributed by atoms with van der Waals surface area (Å²) in [4.78, 5) is 2.22. The standard InChI is InChI=1S/C32H19N3O/c33-20-22-10-9-14-25(27(22)21-34)23-11-1-2-12-24(23)26-13-3-4-15-28(26)35-29-16-5-7-18-31(29)36-32-19-8-6-17-30(32)35/h1-19H. The maximum absolute atomic E-state index is 9.91. The van der Waals surface area contributed by atoms with Gasteiger partial charge in [-0.1, -0.05) is 78.9 Å². The molecule has 0 spiro atoms. The minimum atomic E-state index is 0.370. The van der Waals surface area contributed by atoms with E-state index in [1.54, 1.807) is 6.07 Å². The van der Waals surface area contributed by atoms with Crippen LogP contribution >= 0.6 is 0 Å². The number of nitriles is 2. The predicted molar refractivity (Wildman–Crippen MR) is 142 cm³/mol. The van der Waals surface area contributed by atoms with Crippen molar-refractivity contribution in [2.45, 2.75) is 0 Å². The molecule has 0 aliphatic carbocycles. The number of rotatable bonds is 3. The molecule has 0 N–H and O–H groups in total. The van der Waals surface area contributed by atoms with Crippen molar-refractivity contribution in [3.05, 3.63) is 126 Å². The molecule has 4 nitrogen and oxygen atoms in total. The Bertz CT molecular complexity index is 1660. The van der Waals surface area contributed by atoms with Gasteiger partial charge in [-0.2, -0.15) is 10.5 Å². The fourth-order valence-electron chi connectivity index (χ4n) is 4.80. The van der Waals surface area contributed by atoms with Crippen molar-refractivity contribution < 1.29 is 4.74 Å². The van der Waals surface area contributed by atoms with Crippen LogP contribution in [0.4, 0.5) is 17.1 Å². The summed E-state index contributed by atoms with van der Waals surface area (Å²) in [6, 6.07) is 42.1. The van der Waals surface area contributed by atoms with Gasteiger partial charge in [-0.3, -0.25) is 0 Å². The largest absolute Gasteiger partial charge is 0.453 e. The number of para-hydroxylation sites is 5. The molecule has 0 bridgehead atoms. The van der Waals surface area contributed by atoms with E-state index in [9.17, 15) is 10.5 Å². The first-order valence-corrected chi connectivity index (χ1v) is 11.6. The number of benzene rings is 5. The molecular weight excluding hydrogens is 442 g/mol. The Hall–Kier alpha value is -5.32. The van der Waals surface area contributed by atoms with E-state index in [4.69, 9.17) is 4.74 Å². The normalized spacial score (nSPS) is 11.4. The van der Waals surface area contributed by atoms with E-state index in [1.165, 1.54) is 0 Å². The highest BCUT2D eigenvalue weighted by molar-refractivity contribution is 5.97. The number of anilines is 3. The second kappa shape index (κ2) is 8.80. The highest BCUT2D eigenvalue weighted by Gasteiger charge is 2.27. The fraction of sp³-hybridized carbons (Fsp3) is 0. The molecule has 168 valence electrons. The van der Waals surface area contributed by atoms with Crippen LogP contribution in [0, 0.1) is 22.7 Å². The van der Waals surface area contributed by atoms with E-state index in [2.05, 4.69) is 47.4 Å². The number of hydrogen-bond donors (Lipinski definition) is 0. The van der Waals surface area contributed by atoms with Gasteiger partial charge in [-0.05, 0) is 47.5 Å². The molecule has 0 aromatic heterocycles. The third kappa shape index (κ3) is 3.38. The van der Waals surface area contributed by atoms with Crippen molar-refractivity contribution >= 4 is 17.1 Å². The lowest BCUT2D eigenvalue weighted by Gasteiger charge is -2.34. The van der Waals surface area contributed by atoms with E-state index in [0.29, 0.717) is 11.1 Å². The summed E-state index contributed by atoms with van der Waals surface area (Å²) in [5.74, 6) is 1.57. The van der Waals surface area contributed by atoms with Crippen molar-refractivity contribution in [1.82, 2.24) is 0 Å². The summed E-state index contributed by atoms with van der Waals surface area (Å²) in [6.45, 7) is 0. The first-order valence-electron chi connectivity index (χ1n) is 11.6. The molecular formula is C32H19N3O. The van der Waals surface area contributed by atoms with E-state index in [0.717, 1.165) is 50.8 Å². The summed E-state index contributed by atoms with van der Waals surface area (Å²) >= 11 is 0. The van der Waals surface area contributed by atoms with Gasteiger partial charge in [0.15, 0.2) is 11.5 Å². The Morgan fingerprint density at radius 2 is 0.972 bits per heavy atom. The van der Waals surface area contributed by atoms with Gasteiger partial charge >= 0.3 is 0 Å². The summed E-state index contributed by atoms with van der Waals surface area (Å²) in [5.41, 5.74) is 7.25. The van der Waals surface area contributed by atoms with Crippen LogP contribution in [-0.2, 0) is 0 Å². The summed E-state index contributed by atoms with van der Waals surface area (Å²) in [7, 11) is 0. The topological polar surface area (TPSA) is 60.1 Å². The van der Waals surface area contributed by atoms with Crippen molar-refractivity contribution in [3.63, 3.8) is 0 Å². The van der Waals surface area contributed by atoms with E-state index >= 15 is 0 Å². The van der Waals surface area contributed by atoms with E-state index in [1.807, 2.05) is 78.9 Å². The molecule has 0 saturated carbocycles. The van der Waals surface area contributed by atoms with Crippen LogP contribution in [0.2, 0.25) is 0 Å². The van der Waals surface area contributed by atoms with E-state index in [-0.39, 0.29) is 0 Å². The number of hydrogen-bond acceptors (Lipinski definition) is 4. The van der Waals surface area contributed by atoms with Crippen LogP contribution in [0.1, 0.15) is 11.1 Å². The van der Waals surface area contributed by atoms with Gasteiger partial charge in [0.25, 0.3) is 0 Å². The Morgan fingerprint density at radius 3 is 1.58 bits per heavy atom.